The molecule has 0 saturated heterocycles. The summed E-state index contributed by atoms with van der Waals surface area (Å²) in [5.41, 5.74) is 3.43. The van der Waals surface area contributed by atoms with E-state index in [1.54, 1.807) is 12.3 Å². The molecule has 0 amide bonds. The van der Waals surface area contributed by atoms with E-state index in [9.17, 15) is 4.39 Å². The zero-order valence-electron chi connectivity index (χ0n) is 13.6. The molecular formula is C20H17Cl2FN2. The van der Waals surface area contributed by atoms with Crippen LogP contribution in [-0.4, -0.2) is 4.98 Å². The lowest BCUT2D eigenvalue weighted by atomic mass is 10.1. The number of aromatic nitrogens is 1. The van der Waals surface area contributed by atoms with E-state index in [-0.39, 0.29) is 11.9 Å². The van der Waals surface area contributed by atoms with E-state index in [1.807, 2.05) is 36.4 Å². The third-order valence-corrected chi connectivity index (χ3v) is 4.52. The molecule has 0 fully saturated rings. The Morgan fingerprint density at radius 2 is 1.88 bits per heavy atom. The number of benzene rings is 2. The molecule has 5 heteroatoms. The van der Waals surface area contributed by atoms with Crippen molar-refractivity contribution in [3.63, 3.8) is 0 Å². The van der Waals surface area contributed by atoms with E-state index >= 15 is 0 Å². The molecule has 1 aromatic heterocycles. The lowest BCUT2D eigenvalue weighted by Gasteiger charge is -2.15. The number of nitrogens with one attached hydrogen (secondary N) is 1. The van der Waals surface area contributed by atoms with Gasteiger partial charge in [0.1, 0.15) is 5.82 Å². The summed E-state index contributed by atoms with van der Waals surface area (Å²) in [4.78, 5) is 4.36. The van der Waals surface area contributed by atoms with Gasteiger partial charge < -0.3 is 5.32 Å². The van der Waals surface area contributed by atoms with Crippen molar-refractivity contribution in [2.75, 3.05) is 0 Å². The van der Waals surface area contributed by atoms with Gasteiger partial charge in [0.25, 0.3) is 0 Å². The van der Waals surface area contributed by atoms with Crippen LogP contribution in [0.2, 0.25) is 10.0 Å². The van der Waals surface area contributed by atoms with Crippen molar-refractivity contribution in [1.29, 1.82) is 0 Å². The molecule has 0 unspecified atom stereocenters. The summed E-state index contributed by atoms with van der Waals surface area (Å²) in [5.74, 6) is -0.292. The first-order valence-electron chi connectivity index (χ1n) is 7.92. The normalized spacial score (nSPS) is 12.2. The van der Waals surface area contributed by atoms with Gasteiger partial charge in [-0.1, -0.05) is 47.5 Å². The summed E-state index contributed by atoms with van der Waals surface area (Å²) in [6.07, 6.45) is 1.60. The molecule has 3 aromatic rings. The van der Waals surface area contributed by atoms with Gasteiger partial charge in [0, 0.05) is 29.4 Å². The molecular weight excluding hydrogens is 358 g/mol. The third-order valence-electron chi connectivity index (χ3n) is 3.99. The molecule has 0 spiro atoms. The molecule has 0 aliphatic carbocycles. The Morgan fingerprint density at radius 1 is 1.08 bits per heavy atom. The van der Waals surface area contributed by atoms with Crippen molar-refractivity contribution < 1.29 is 4.39 Å². The van der Waals surface area contributed by atoms with Crippen molar-refractivity contribution in [1.82, 2.24) is 10.3 Å². The van der Waals surface area contributed by atoms with E-state index in [4.69, 9.17) is 23.2 Å². The van der Waals surface area contributed by atoms with Gasteiger partial charge in [0.2, 0.25) is 0 Å². The fourth-order valence-electron chi connectivity index (χ4n) is 2.61. The molecule has 1 atom stereocenters. The molecule has 1 heterocycles. The largest absolute Gasteiger partial charge is 0.305 e. The van der Waals surface area contributed by atoms with E-state index < -0.39 is 0 Å². The molecule has 2 nitrogen and oxygen atoms in total. The highest BCUT2D eigenvalue weighted by Gasteiger charge is 2.09. The highest BCUT2D eigenvalue weighted by atomic mass is 35.5. The maximum absolute atomic E-state index is 13.5. The maximum Gasteiger partial charge on any atom is 0.123 e. The van der Waals surface area contributed by atoms with Crippen molar-refractivity contribution in [2.45, 2.75) is 19.5 Å². The summed E-state index contributed by atoms with van der Waals surface area (Å²) in [6, 6.07) is 16.1. The van der Waals surface area contributed by atoms with Crippen LogP contribution in [0.1, 0.15) is 24.2 Å². The standard InChI is InChI=1S/C20H17Cl2FN2/c1-13(14-4-2-6-16(21)8-14)24-11-18-10-19(20(22)12-25-18)15-5-3-7-17(23)9-15/h2-10,12-13,24H,11H2,1H3/t13-/m1/s1. The first-order chi connectivity index (χ1) is 12.0. The molecule has 1 N–H and O–H groups in total. The van der Waals surface area contributed by atoms with Gasteiger partial charge in [-0.15, -0.1) is 0 Å². The molecule has 0 bridgehead atoms. The maximum atomic E-state index is 13.5. The lowest BCUT2D eigenvalue weighted by Crippen LogP contribution is -2.18. The summed E-state index contributed by atoms with van der Waals surface area (Å²) < 4.78 is 13.5. The Hall–Kier alpha value is -1.94. The topological polar surface area (TPSA) is 24.9 Å². The van der Waals surface area contributed by atoms with Gasteiger partial charge in [-0.05, 0) is 48.4 Å². The smallest absolute Gasteiger partial charge is 0.123 e. The number of rotatable bonds is 5. The molecule has 0 saturated carbocycles. The Morgan fingerprint density at radius 3 is 2.64 bits per heavy atom. The van der Waals surface area contributed by atoms with Gasteiger partial charge in [-0.3, -0.25) is 4.98 Å². The summed E-state index contributed by atoms with van der Waals surface area (Å²) in [7, 11) is 0. The predicted molar refractivity (Wildman–Crippen MR) is 101 cm³/mol. The average molecular weight is 375 g/mol. The fraction of sp³-hybridized carbons (Fsp3) is 0.150. The first kappa shape index (κ1) is 17.9. The molecule has 0 aliphatic rings. The number of halogens is 3. The minimum absolute atomic E-state index is 0.119. The summed E-state index contributed by atoms with van der Waals surface area (Å²) in [6.45, 7) is 2.63. The second kappa shape index (κ2) is 7.96. The minimum Gasteiger partial charge on any atom is -0.305 e. The Labute approximate surface area is 156 Å². The van der Waals surface area contributed by atoms with E-state index in [2.05, 4.69) is 17.2 Å². The molecule has 128 valence electrons. The van der Waals surface area contributed by atoms with Gasteiger partial charge in [0.15, 0.2) is 0 Å². The molecule has 25 heavy (non-hydrogen) atoms. The lowest BCUT2D eigenvalue weighted by molar-refractivity contribution is 0.568. The Kier molecular flexibility index (Phi) is 5.69. The van der Waals surface area contributed by atoms with E-state index in [1.165, 1.54) is 12.1 Å². The highest BCUT2D eigenvalue weighted by Crippen LogP contribution is 2.28. The van der Waals surface area contributed by atoms with Crippen molar-refractivity contribution >= 4 is 23.2 Å². The van der Waals surface area contributed by atoms with Gasteiger partial charge >= 0.3 is 0 Å². The predicted octanol–water partition coefficient (Wildman–Crippen LogP) is 6.05. The van der Waals surface area contributed by atoms with E-state index in [0.717, 1.165) is 22.4 Å². The van der Waals surface area contributed by atoms with Crippen molar-refractivity contribution in [3.8, 4) is 11.1 Å². The quantitative estimate of drug-likeness (QED) is 0.588. The minimum atomic E-state index is -0.292. The number of pyridine rings is 1. The van der Waals surface area contributed by atoms with Crippen LogP contribution < -0.4 is 5.32 Å². The van der Waals surface area contributed by atoms with Crippen molar-refractivity contribution in [3.05, 3.63) is 87.9 Å². The van der Waals surface area contributed by atoms with E-state index in [0.29, 0.717) is 16.6 Å². The van der Waals surface area contributed by atoms with Gasteiger partial charge in [-0.2, -0.15) is 0 Å². The Balaban J connectivity index is 1.76. The van der Waals surface area contributed by atoms with Crippen LogP contribution >= 0.6 is 23.2 Å². The number of nitrogens with zero attached hydrogens (tertiary/aromatic N) is 1. The van der Waals surface area contributed by atoms with Crippen molar-refractivity contribution in [2.24, 2.45) is 0 Å². The van der Waals surface area contributed by atoms with Gasteiger partial charge in [0.05, 0.1) is 10.7 Å². The zero-order valence-corrected chi connectivity index (χ0v) is 15.2. The van der Waals surface area contributed by atoms with Crippen LogP contribution in [0.3, 0.4) is 0 Å². The second-order valence-corrected chi connectivity index (χ2v) is 6.67. The molecule has 0 radical (unpaired) electrons. The average Bonchev–Trinajstić information content (AvgIpc) is 2.60. The summed E-state index contributed by atoms with van der Waals surface area (Å²) in [5, 5.41) is 4.62. The monoisotopic (exact) mass is 374 g/mol. The second-order valence-electron chi connectivity index (χ2n) is 5.82. The summed E-state index contributed by atoms with van der Waals surface area (Å²) >= 11 is 12.3. The molecule has 2 aromatic carbocycles. The van der Waals surface area contributed by atoms with Gasteiger partial charge in [-0.25, -0.2) is 4.39 Å². The first-order valence-corrected chi connectivity index (χ1v) is 8.68. The Bertz CT molecular complexity index is 883. The fourth-order valence-corrected chi connectivity index (χ4v) is 3.02. The number of hydrogen-bond acceptors (Lipinski definition) is 2. The molecule has 3 rings (SSSR count). The van der Waals surface area contributed by atoms with Crippen LogP contribution in [0.15, 0.2) is 60.8 Å². The number of hydrogen-bond donors (Lipinski definition) is 1. The zero-order chi connectivity index (χ0) is 17.8. The molecule has 0 aliphatic heterocycles. The van der Waals surface area contributed by atoms with Crippen LogP contribution in [0, 0.1) is 5.82 Å². The van der Waals surface area contributed by atoms with Crippen LogP contribution in [0.25, 0.3) is 11.1 Å². The van der Waals surface area contributed by atoms with Crippen LogP contribution in [0.4, 0.5) is 4.39 Å². The third kappa shape index (κ3) is 4.57. The SMILES string of the molecule is C[C@@H](NCc1cc(-c2cccc(F)c2)c(Cl)cn1)c1cccc(Cl)c1. The van der Waals surface area contributed by atoms with Crippen LogP contribution in [-0.2, 0) is 6.54 Å². The highest BCUT2D eigenvalue weighted by molar-refractivity contribution is 6.33. The van der Waals surface area contributed by atoms with Crippen LogP contribution in [0.5, 0.6) is 0 Å².